The van der Waals surface area contributed by atoms with Gasteiger partial charge in [-0.3, -0.25) is 9.52 Å². The molecule has 0 saturated heterocycles. The Balaban J connectivity index is 1.34. The van der Waals surface area contributed by atoms with Crippen molar-refractivity contribution in [3.05, 3.63) is 120 Å². The van der Waals surface area contributed by atoms with E-state index < -0.39 is 10.0 Å². The number of nitrogens with one attached hydrogen (secondary N) is 2. The van der Waals surface area contributed by atoms with E-state index in [0.29, 0.717) is 16.9 Å². The van der Waals surface area contributed by atoms with Crippen LogP contribution >= 0.6 is 11.8 Å². The van der Waals surface area contributed by atoms with Crippen LogP contribution in [0.15, 0.2) is 113 Å². The summed E-state index contributed by atoms with van der Waals surface area (Å²) in [5, 5.41) is 2.81. The Morgan fingerprint density at radius 1 is 0.765 bits per heavy atom. The summed E-state index contributed by atoms with van der Waals surface area (Å²) < 4.78 is 27.6. The minimum atomic E-state index is -3.71. The molecule has 5 nitrogen and oxygen atoms in total. The molecule has 2 N–H and O–H groups in total. The highest BCUT2D eigenvalue weighted by Gasteiger charge is 2.14. The average molecular weight is 489 g/mol. The first-order valence-corrected chi connectivity index (χ1v) is 13.1. The third-order valence-electron chi connectivity index (χ3n) is 5.09. The van der Waals surface area contributed by atoms with Gasteiger partial charge in [-0.05, 0) is 73.2 Å². The summed E-state index contributed by atoms with van der Waals surface area (Å²) in [5.74, 6) is 0.563. The van der Waals surface area contributed by atoms with Crippen LogP contribution < -0.4 is 10.0 Å². The summed E-state index contributed by atoms with van der Waals surface area (Å²) in [6, 6.07) is 30.6. The van der Waals surface area contributed by atoms with Crippen molar-refractivity contribution in [1.29, 1.82) is 0 Å². The van der Waals surface area contributed by atoms with Crippen molar-refractivity contribution in [3.63, 3.8) is 0 Å². The molecule has 4 rings (SSSR count). The minimum absolute atomic E-state index is 0.116. The Labute approximate surface area is 204 Å². The van der Waals surface area contributed by atoms with Gasteiger partial charge >= 0.3 is 0 Å². The highest BCUT2D eigenvalue weighted by Crippen LogP contribution is 2.23. The zero-order valence-electron chi connectivity index (χ0n) is 18.6. The lowest BCUT2D eigenvalue weighted by molar-refractivity contribution is 0.102. The second kappa shape index (κ2) is 10.6. The molecule has 34 heavy (non-hydrogen) atoms. The summed E-state index contributed by atoms with van der Waals surface area (Å²) in [7, 11) is -3.71. The molecule has 0 aromatic heterocycles. The van der Waals surface area contributed by atoms with Gasteiger partial charge in [-0.2, -0.15) is 0 Å². The molecule has 4 aromatic carbocycles. The Kier molecular flexibility index (Phi) is 7.35. The molecule has 172 valence electrons. The summed E-state index contributed by atoms with van der Waals surface area (Å²) in [6.45, 7) is 2.07. The Bertz CT molecular complexity index is 1350. The topological polar surface area (TPSA) is 75.3 Å². The van der Waals surface area contributed by atoms with Crippen LogP contribution in [-0.4, -0.2) is 14.3 Å². The molecule has 0 unspecified atom stereocenters. The van der Waals surface area contributed by atoms with Crippen molar-refractivity contribution in [2.24, 2.45) is 0 Å². The molecule has 0 fully saturated rings. The van der Waals surface area contributed by atoms with Crippen molar-refractivity contribution < 1.29 is 13.2 Å². The van der Waals surface area contributed by atoms with Crippen LogP contribution in [0.5, 0.6) is 0 Å². The molecular weight excluding hydrogens is 464 g/mol. The highest BCUT2D eigenvalue weighted by atomic mass is 32.2. The molecular formula is C27H24N2O3S2. The number of anilines is 2. The van der Waals surface area contributed by atoms with Gasteiger partial charge in [-0.15, -0.1) is 11.8 Å². The largest absolute Gasteiger partial charge is 0.322 e. The zero-order chi connectivity index (χ0) is 24.0. The lowest BCUT2D eigenvalue weighted by Crippen LogP contribution is -2.14. The predicted octanol–water partition coefficient (Wildman–Crippen LogP) is 6.34. The summed E-state index contributed by atoms with van der Waals surface area (Å²) in [4.78, 5) is 13.9. The lowest BCUT2D eigenvalue weighted by atomic mass is 10.1. The average Bonchev–Trinajstić information content (AvgIpc) is 2.85. The maximum Gasteiger partial charge on any atom is 0.261 e. The number of amides is 1. The fraction of sp³-hybridized carbons (Fsp3) is 0.0741. The minimum Gasteiger partial charge on any atom is -0.322 e. The second-order valence-electron chi connectivity index (χ2n) is 7.75. The van der Waals surface area contributed by atoms with Crippen LogP contribution in [0, 0.1) is 6.92 Å². The van der Waals surface area contributed by atoms with Crippen LogP contribution in [-0.2, 0) is 15.8 Å². The molecule has 0 aliphatic carbocycles. The molecule has 0 aliphatic heterocycles. The summed E-state index contributed by atoms with van der Waals surface area (Å²) in [6.07, 6.45) is 0. The van der Waals surface area contributed by atoms with Crippen molar-refractivity contribution in [2.75, 3.05) is 10.0 Å². The van der Waals surface area contributed by atoms with Gasteiger partial charge in [0.2, 0.25) is 0 Å². The number of benzene rings is 4. The van der Waals surface area contributed by atoms with Crippen molar-refractivity contribution in [3.8, 4) is 0 Å². The third-order valence-corrected chi connectivity index (χ3v) is 7.57. The maximum atomic E-state index is 12.6. The number of carbonyl (C=O) groups excluding carboxylic acids is 1. The normalized spacial score (nSPS) is 11.1. The van der Waals surface area contributed by atoms with Gasteiger partial charge in [0.1, 0.15) is 0 Å². The van der Waals surface area contributed by atoms with E-state index in [1.165, 1.54) is 22.6 Å². The molecule has 0 saturated carbocycles. The second-order valence-corrected chi connectivity index (χ2v) is 10.5. The van der Waals surface area contributed by atoms with Crippen LogP contribution in [0.3, 0.4) is 0 Å². The molecule has 0 atom stereocenters. The van der Waals surface area contributed by atoms with E-state index in [9.17, 15) is 13.2 Å². The molecule has 0 heterocycles. The first-order valence-electron chi connectivity index (χ1n) is 10.7. The fourth-order valence-electron chi connectivity index (χ4n) is 3.19. The number of hydrogen-bond acceptors (Lipinski definition) is 4. The Morgan fingerprint density at radius 2 is 1.41 bits per heavy atom. The van der Waals surface area contributed by atoms with Crippen molar-refractivity contribution in [2.45, 2.75) is 22.5 Å². The molecule has 0 spiro atoms. The highest BCUT2D eigenvalue weighted by molar-refractivity contribution is 7.98. The van der Waals surface area contributed by atoms with Gasteiger partial charge in [0.15, 0.2) is 0 Å². The SMILES string of the molecule is Cc1ccc(SCc2ccc(C(=O)Nc3ccc(S(=O)(=O)Nc4ccccc4)cc3)cc2)cc1. The number of sulfonamides is 1. The number of aryl methyl sites for hydroxylation is 1. The van der Waals surface area contributed by atoms with Crippen LogP contribution in [0.2, 0.25) is 0 Å². The van der Waals surface area contributed by atoms with Gasteiger partial charge in [0.05, 0.1) is 4.90 Å². The molecule has 1 amide bonds. The standard InChI is InChI=1S/C27H24N2O3S2/c1-20-7-15-25(16-8-20)33-19-21-9-11-22(12-10-21)27(30)28-23-13-17-26(18-14-23)34(31,32)29-24-5-3-2-4-6-24/h2-18,29H,19H2,1H3,(H,28,30). The third kappa shape index (κ3) is 6.27. The predicted molar refractivity (Wildman–Crippen MR) is 139 cm³/mol. The molecule has 4 aromatic rings. The van der Waals surface area contributed by atoms with Crippen molar-refractivity contribution >= 4 is 39.1 Å². The van der Waals surface area contributed by atoms with Crippen molar-refractivity contribution in [1.82, 2.24) is 0 Å². The number of para-hydroxylation sites is 1. The number of hydrogen-bond donors (Lipinski definition) is 2. The van der Waals surface area contributed by atoms with E-state index in [0.717, 1.165) is 11.3 Å². The number of carbonyl (C=O) groups is 1. The maximum absolute atomic E-state index is 12.6. The number of rotatable bonds is 8. The molecule has 7 heteroatoms. The van der Waals surface area contributed by atoms with Crippen LogP contribution in [0.4, 0.5) is 11.4 Å². The van der Waals surface area contributed by atoms with Crippen LogP contribution in [0.1, 0.15) is 21.5 Å². The van der Waals surface area contributed by atoms with E-state index >= 15 is 0 Å². The van der Waals surface area contributed by atoms with E-state index in [-0.39, 0.29) is 10.8 Å². The van der Waals surface area contributed by atoms with Gasteiger partial charge in [-0.1, -0.05) is 48.0 Å². The van der Waals surface area contributed by atoms with Crippen LogP contribution in [0.25, 0.3) is 0 Å². The number of thioether (sulfide) groups is 1. The van der Waals surface area contributed by atoms with E-state index in [2.05, 4.69) is 41.2 Å². The van der Waals surface area contributed by atoms with Gasteiger partial charge in [-0.25, -0.2) is 8.42 Å². The Hall–Kier alpha value is -3.55. The summed E-state index contributed by atoms with van der Waals surface area (Å²) >= 11 is 1.75. The fourth-order valence-corrected chi connectivity index (χ4v) is 5.11. The zero-order valence-corrected chi connectivity index (χ0v) is 20.2. The van der Waals surface area contributed by atoms with Gasteiger partial charge < -0.3 is 5.32 Å². The monoisotopic (exact) mass is 488 g/mol. The van der Waals surface area contributed by atoms with Gasteiger partial charge in [0, 0.05) is 27.6 Å². The molecule has 0 radical (unpaired) electrons. The van der Waals surface area contributed by atoms with E-state index in [1.54, 1.807) is 60.3 Å². The van der Waals surface area contributed by atoms with E-state index in [4.69, 9.17) is 0 Å². The first-order chi connectivity index (χ1) is 16.4. The Morgan fingerprint density at radius 3 is 2.06 bits per heavy atom. The first kappa shape index (κ1) is 23.6. The van der Waals surface area contributed by atoms with Gasteiger partial charge in [0.25, 0.3) is 15.9 Å². The molecule has 0 bridgehead atoms. The van der Waals surface area contributed by atoms with E-state index in [1.807, 2.05) is 18.2 Å². The lowest BCUT2D eigenvalue weighted by Gasteiger charge is -2.10. The quantitative estimate of drug-likeness (QED) is 0.284. The smallest absolute Gasteiger partial charge is 0.261 e. The summed E-state index contributed by atoms with van der Waals surface area (Å²) in [5.41, 5.74) is 3.90. The molecule has 0 aliphatic rings.